The second-order valence-corrected chi connectivity index (χ2v) is 8.65. The highest BCUT2D eigenvalue weighted by Gasteiger charge is 2.41. The van der Waals surface area contributed by atoms with E-state index in [2.05, 4.69) is 15.0 Å². The van der Waals surface area contributed by atoms with Crippen LogP contribution in [0.4, 0.5) is 13.2 Å². The van der Waals surface area contributed by atoms with E-state index in [9.17, 15) is 21.6 Å². The Labute approximate surface area is 170 Å². The summed E-state index contributed by atoms with van der Waals surface area (Å²) in [7, 11) is -1.76. The second-order valence-electron chi connectivity index (χ2n) is 6.90. The topological polar surface area (TPSA) is 77.0 Å². The zero-order valence-corrected chi connectivity index (χ0v) is 18.9. The van der Waals surface area contributed by atoms with Gasteiger partial charge in [-0.1, -0.05) is 0 Å². The van der Waals surface area contributed by atoms with E-state index in [4.69, 9.17) is 0 Å². The van der Waals surface area contributed by atoms with Gasteiger partial charge in [-0.15, -0.1) is 24.0 Å². The Kier molecular flexibility index (Phi) is 9.61. The van der Waals surface area contributed by atoms with Crippen molar-refractivity contribution in [3.05, 3.63) is 0 Å². The Morgan fingerprint density at radius 2 is 1.69 bits per heavy atom. The summed E-state index contributed by atoms with van der Waals surface area (Å²) in [4.78, 5) is 7.42. The van der Waals surface area contributed by atoms with Crippen LogP contribution in [0.25, 0.3) is 0 Å². The van der Waals surface area contributed by atoms with Gasteiger partial charge in [-0.2, -0.15) is 13.2 Å². The fourth-order valence-electron chi connectivity index (χ4n) is 2.70. The number of piperazine rings is 1. The molecule has 1 saturated heterocycles. The molecule has 0 aromatic rings. The molecule has 1 fully saturated rings. The van der Waals surface area contributed by atoms with E-state index in [1.165, 1.54) is 11.8 Å². The number of nitrogens with one attached hydrogen (secondary N) is 2. The van der Waals surface area contributed by atoms with Crippen LogP contribution in [-0.2, 0) is 10.0 Å². The van der Waals surface area contributed by atoms with Crippen LogP contribution >= 0.6 is 24.0 Å². The highest BCUT2D eigenvalue weighted by atomic mass is 127. The standard InChI is InChI=1S/C14H28F3N5O2S.HI/c1-11(14(15,16)17)21-6-8-22(9-7-21)12(18-4)19-10-13(2,3)20-25(5,23)24;/h11,20H,6-10H2,1-5H3,(H,18,19);1H. The van der Waals surface area contributed by atoms with Gasteiger partial charge in [0, 0.05) is 45.3 Å². The molecular formula is C14H29F3IN5O2S. The first-order valence-electron chi connectivity index (χ1n) is 8.00. The van der Waals surface area contributed by atoms with Crippen LogP contribution in [0, 0.1) is 0 Å². The smallest absolute Gasteiger partial charge is 0.354 e. The Morgan fingerprint density at radius 3 is 2.08 bits per heavy atom. The lowest BCUT2D eigenvalue weighted by molar-refractivity contribution is -0.181. The number of hydrogen-bond donors (Lipinski definition) is 2. The van der Waals surface area contributed by atoms with E-state index >= 15 is 0 Å². The van der Waals surface area contributed by atoms with Crippen molar-refractivity contribution in [2.45, 2.75) is 38.5 Å². The van der Waals surface area contributed by atoms with Gasteiger partial charge in [-0.3, -0.25) is 9.89 Å². The molecule has 0 radical (unpaired) electrons. The van der Waals surface area contributed by atoms with E-state index in [1.54, 1.807) is 20.9 Å². The molecule has 1 heterocycles. The first-order chi connectivity index (χ1) is 11.2. The summed E-state index contributed by atoms with van der Waals surface area (Å²) in [6, 6.07) is -1.47. The maximum absolute atomic E-state index is 12.8. The van der Waals surface area contributed by atoms with Crippen molar-refractivity contribution in [2.75, 3.05) is 46.0 Å². The third-order valence-electron chi connectivity index (χ3n) is 4.00. The summed E-state index contributed by atoms with van der Waals surface area (Å²) in [6.45, 7) is 6.33. The molecule has 0 aromatic heterocycles. The normalized spacial score (nSPS) is 19.1. The Bertz CT molecular complexity index is 576. The van der Waals surface area contributed by atoms with Crippen molar-refractivity contribution in [1.29, 1.82) is 0 Å². The van der Waals surface area contributed by atoms with E-state index in [0.29, 0.717) is 25.6 Å². The number of rotatable bonds is 5. The van der Waals surface area contributed by atoms with Gasteiger partial charge in [-0.05, 0) is 20.8 Å². The maximum atomic E-state index is 12.8. The van der Waals surface area contributed by atoms with Gasteiger partial charge < -0.3 is 10.2 Å². The predicted molar refractivity (Wildman–Crippen MR) is 107 cm³/mol. The minimum Gasteiger partial charge on any atom is -0.354 e. The lowest BCUT2D eigenvalue weighted by atomic mass is 10.1. The van der Waals surface area contributed by atoms with Gasteiger partial charge in [0.1, 0.15) is 6.04 Å². The van der Waals surface area contributed by atoms with Crippen LogP contribution in [0.5, 0.6) is 0 Å². The number of nitrogens with zero attached hydrogens (tertiary/aromatic N) is 3. The van der Waals surface area contributed by atoms with Crippen molar-refractivity contribution in [3.63, 3.8) is 0 Å². The molecule has 1 unspecified atom stereocenters. The molecule has 1 aliphatic rings. The third kappa shape index (κ3) is 8.57. The van der Waals surface area contributed by atoms with E-state index < -0.39 is 27.8 Å². The molecule has 2 N–H and O–H groups in total. The number of guanidine groups is 1. The lowest BCUT2D eigenvalue weighted by Gasteiger charge is -2.40. The van der Waals surface area contributed by atoms with Crippen molar-refractivity contribution < 1.29 is 21.6 Å². The maximum Gasteiger partial charge on any atom is 0.403 e. The average molecular weight is 515 g/mol. The average Bonchev–Trinajstić information content (AvgIpc) is 2.44. The Morgan fingerprint density at radius 1 is 1.19 bits per heavy atom. The molecule has 1 atom stereocenters. The van der Waals surface area contributed by atoms with Crippen molar-refractivity contribution in [3.8, 4) is 0 Å². The fourth-order valence-corrected chi connectivity index (χ4v) is 3.77. The molecule has 0 amide bonds. The summed E-state index contributed by atoms with van der Waals surface area (Å²) < 4.78 is 63.6. The molecule has 26 heavy (non-hydrogen) atoms. The minimum atomic E-state index is -4.23. The van der Waals surface area contributed by atoms with Crippen LogP contribution in [0.3, 0.4) is 0 Å². The molecule has 1 rings (SSSR count). The van der Waals surface area contributed by atoms with Crippen LogP contribution in [0.15, 0.2) is 4.99 Å². The molecule has 7 nitrogen and oxygen atoms in total. The molecule has 0 saturated carbocycles. The molecular weight excluding hydrogens is 486 g/mol. The van der Waals surface area contributed by atoms with Gasteiger partial charge in [-0.25, -0.2) is 13.1 Å². The molecule has 1 aliphatic heterocycles. The molecule has 0 spiro atoms. The van der Waals surface area contributed by atoms with Gasteiger partial charge >= 0.3 is 6.18 Å². The minimum absolute atomic E-state index is 0. The van der Waals surface area contributed by atoms with Crippen LogP contribution < -0.4 is 10.0 Å². The number of hydrogen-bond acceptors (Lipinski definition) is 4. The lowest BCUT2D eigenvalue weighted by Crippen LogP contribution is -2.58. The van der Waals surface area contributed by atoms with E-state index in [1.807, 2.05) is 4.90 Å². The second kappa shape index (κ2) is 9.73. The van der Waals surface area contributed by atoms with Crippen LogP contribution in [-0.4, -0.2) is 88.0 Å². The van der Waals surface area contributed by atoms with Gasteiger partial charge in [0.15, 0.2) is 5.96 Å². The van der Waals surface area contributed by atoms with Gasteiger partial charge in [0.05, 0.1) is 6.26 Å². The van der Waals surface area contributed by atoms with Crippen molar-refractivity contribution >= 4 is 40.0 Å². The van der Waals surface area contributed by atoms with Crippen LogP contribution in [0.1, 0.15) is 20.8 Å². The van der Waals surface area contributed by atoms with Gasteiger partial charge in [0.25, 0.3) is 0 Å². The summed E-state index contributed by atoms with van der Waals surface area (Å²) in [5, 5.41) is 3.08. The number of sulfonamides is 1. The number of halogens is 4. The number of aliphatic imine (C=N–C) groups is 1. The first kappa shape index (κ1) is 25.7. The predicted octanol–water partition coefficient (Wildman–Crippen LogP) is 1.08. The summed E-state index contributed by atoms with van der Waals surface area (Å²) in [5.74, 6) is 0.544. The highest BCUT2D eigenvalue weighted by Crippen LogP contribution is 2.25. The quantitative estimate of drug-likeness (QED) is 0.326. The van der Waals surface area contributed by atoms with E-state index in [0.717, 1.165) is 6.26 Å². The van der Waals surface area contributed by atoms with Gasteiger partial charge in [0.2, 0.25) is 10.0 Å². The Hall–Kier alpha value is -0.340. The first-order valence-corrected chi connectivity index (χ1v) is 9.89. The monoisotopic (exact) mass is 515 g/mol. The molecule has 12 heteroatoms. The summed E-state index contributed by atoms with van der Waals surface area (Å²) in [5.41, 5.74) is -0.726. The molecule has 0 aliphatic carbocycles. The third-order valence-corrected chi connectivity index (χ3v) is 4.92. The zero-order valence-electron chi connectivity index (χ0n) is 15.7. The molecule has 0 aromatic carbocycles. The largest absolute Gasteiger partial charge is 0.403 e. The molecule has 156 valence electrons. The summed E-state index contributed by atoms with van der Waals surface area (Å²) in [6.07, 6.45) is -3.14. The summed E-state index contributed by atoms with van der Waals surface area (Å²) >= 11 is 0. The zero-order chi connectivity index (χ0) is 19.5. The van der Waals surface area contributed by atoms with E-state index in [-0.39, 0.29) is 37.1 Å². The Balaban J connectivity index is 0.00000625. The van der Waals surface area contributed by atoms with Crippen molar-refractivity contribution in [1.82, 2.24) is 19.8 Å². The fraction of sp³-hybridized carbons (Fsp3) is 0.929. The molecule has 0 bridgehead atoms. The van der Waals surface area contributed by atoms with Crippen molar-refractivity contribution in [2.24, 2.45) is 4.99 Å². The SMILES string of the molecule is CN=C(NCC(C)(C)NS(C)(=O)=O)N1CCN(C(C)C(F)(F)F)CC1.I. The highest BCUT2D eigenvalue weighted by molar-refractivity contribution is 14.0. The van der Waals surface area contributed by atoms with Crippen LogP contribution in [0.2, 0.25) is 0 Å². The number of alkyl halides is 3.